The Morgan fingerprint density at radius 2 is 1.74 bits per heavy atom. The third kappa shape index (κ3) is 5.32. The maximum atomic E-state index is 13.1. The molecular weight excluding hydrogens is 418 g/mol. The average molecular weight is 452 g/mol. The molecule has 31 heavy (non-hydrogen) atoms. The van der Waals surface area contributed by atoms with E-state index in [0.717, 1.165) is 12.8 Å². The Morgan fingerprint density at radius 1 is 1.03 bits per heavy atom. The van der Waals surface area contributed by atoms with E-state index in [9.17, 15) is 13.2 Å². The summed E-state index contributed by atoms with van der Waals surface area (Å²) >= 11 is 0. The number of nitrogens with one attached hydrogen (secondary N) is 1. The minimum atomic E-state index is -3.62. The molecule has 1 saturated carbocycles. The van der Waals surface area contributed by atoms with Crippen LogP contribution < -0.4 is 14.8 Å². The van der Waals surface area contributed by atoms with E-state index >= 15 is 0 Å². The SMILES string of the molecule is CC1CCCCC1NC(=O)CN1CCN(S(=O)(=O)c2ccc3c(c2)OCCCO3)CC1. The van der Waals surface area contributed by atoms with Gasteiger partial charge in [0.1, 0.15) is 0 Å². The number of hydrogen-bond acceptors (Lipinski definition) is 6. The third-order valence-electron chi connectivity index (χ3n) is 6.51. The number of sulfonamides is 1. The summed E-state index contributed by atoms with van der Waals surface area (Å²) in [5.74, 6) is 1.62. The Morgan fingerprint density at radius 3 is 2.48 bits per heavy atom. The van der Waals surface area contributed by atoms with E-state index in [2.05, 4.69) is 12.2 Å². The Bertz CT molecular complexity index is 883. The van der Waals surface area contributed by atoms with Crippen LogP contribution in [0.3, 0.4) is 0 Å². The second-order valence-electron chi connectivity index (χ2n) is 8.77. The molecule has 4 rings (SSSR count). The topological polar surface area (TPSA) is 88.2 Å². The van der Waals surface area contributed by atoms with Gasteiger partial charge in [-0.2, -0.15) is 4.31 Å². The Balaban J connectivity index is 1.31. The molecule has 2 unspecified atom stereocenters. The molecule has 0 radical (unpaired) electrons. The molecule has 2 aliphatic heterocycles. The predicted molar refractivity (Wildman–Crippen MR) is 117 cm³/mol. The van der Waals surface area contributed by atoms with Crippen molar-refractivity contribution >= 4 is 15.9 Å². The number of piperazine rings is 1. The van der Waals surface area contributed by atoms with Crippen molar-refractivity contribution in [3.63, 3.8) is 0 Å². The number of carbonyl (C=O) groups is 1. The van der Waals surface area contributed by atoms with Crippen LogP contribution >= 0.6 is 0 Å². The van der Waals surface area contributed by atoms with Gasteiger partial charge in [0.15, 0.2) is 11.5 Å². The second kappa shape index (κ2) is 9.75. The molecule has 1 aromatic rings. The largest absolute Gasteiger partial charge is 0.490 e. The normalized spacial score (nSPS) is 25.6. The molecule has 2 fully saturated rings. The van der Waals surface area contributed by atoms with Gasteiger partial charge in [-0.1, -0.05) is 19.8 Å². The molecule has 3 aliphatic rings. The summed E-state index contributed by atoms with van der Waals surface area (Å²) in [6.45, 7) is 5.41. The average Bonchev–Trinajstić information content (AvgIpc) is 3.00. The van der Waals surface area contributed by atoms with E-state index in [1.54, 1.807) is 18.2 Å². The summed E-state index contributed by atoms with van der Waals surface area (Å²) in [4.78, 5) is 14.7. The van der Waals surface area contributed by atoms with Gasteiger partial charge in [-0.15, -0.1) is 0 Å². The molecule has 0 bridgehead atoms. The summed E-state index contributed by atoms with van der Waals surface area (Å²) in [7, 11) is -3.62. The summed E-state index contributed by atoms with van der Waals surface area (Å²) < 4.78 is 39.0. The van der Waals surface area contributed by atoms with Crippen molar-refractivity contribution in [1.82, 2.24) is 14.5 Å². The minimum Gasteiger partial charge on any atom is -0.490 e. The number of hydrogen-bond donors (Lipinski definition) is 1. The van der Waals surface area contributed by atoms with Gasteiger partial charge in [0, 0.05) is 44.7 Å². The molecule has 1 aromatic carbocycles. The van der Waals surface area contributed by atoms with Crippen molar-refractivity contribution in [1.29, 1.82) is 0 Å². The number of carbonyl (C=O) groups excluding carboxylic acids is 1. The molecule has 0 aromatic heterocycles. The highest BCUT2D eigenvalue weighted by atomic mass is 32.2. The molecule has 0 spiro atoms. The lowest BCUT2D eigenvalue weighted by Gasteiger charge is -2.34. The smallest absolute Gasteiger partial charge is 0.243 e. The van der Waals surface area contributed by atoms with E-state index in [0.29, 0.717) is 63.4 Å². The number of ether oxygens (including phenoxy) is 2. The van der Waals surface area contributed by atoms with Gasteiger partial charge >= 0.3 is 0 Å². The molecule has 172 valence electrons. The first-order valence-corrected chi connectivity index (χ1v) is 12.8. The van der Waals surface area contributed by atoms with Crippen LogP contribution in [0.1, 0.15) is 39.0 Å². The quantitative estimate of drug-likeness (QED) is 0.735. The highest BCUT2D eigenvalue weighted by Gasteiger charge is 2.31. The van der Waals surface area contributed by atoms with E-state index in [1.165, 1.54) is 23.6 Å². The van der Waals surface area contributed by atoms with E-state index in [4.69, 9.17) is 9.47 Å². The van der Waals surface area contributed by atoms with E-state index < -0.39 is 10.0 Å². The van der Waals surface area contributed by atoms with Gasteiger partial charge < -0.3 is 14.8 Å². The minimum absolute atomic E-state index is 0.0398. The maximum absolute atomic E-state index is 13.1. The van der Waals surface area contributed by atoms with Crippen LogP contribution in [0.4, 0.5) is 0 Å². The third-order valence-corrected chi connectivity index (χ3v) is 8.41. The lowest BCUT2D eigenvalue weighted by atomic mass is 9.86. The highest BCUT2D eigenvalue weighted by molar-refractivity contribution is 7.89. The highest BCUT2D eigenvalue weighted by Crippen LogP contribution is 2.33. The molecule has 1 saturated heterocycles. The van der Waals surface area contributed by atoms with Crippen LogP contribution in [0, 0.1) is 5.92 Å². The van der Waals surface area contributed by atoms with Crippen molar-refractivity contribution in [3.8, 4) is 11.5 Å². The standard InChI is InChI=1S/C22H33N3O5S/c1-17-5-2-3-6-19(17)23-22(26)16-24-9-11-25(12-10-24)31(27,28)18-7-8-20-21(15-18)30-14-4-13-29-20/h7-8,15,17,19H,2-6,9-14,16H2,1H3,(H,23,26). The Kier molecular flexibility index (Phi) is 7.03. The first-order valence-electron chi connectivity index (χ1n) is 11.3. The molecular formula is C22H33N3O5S. The fourth-order valence-electron chi connectivity index (χ4n) is 4.57. The number of nitrogens with zero attached hydrogens (tertiary/aromatic N) is 2. The molecule has 2 heterocycles. The number of rotatable bonds is 5. The van der Waals surface area contributed by atoms with Crippen LogP contribution in [0.5, 0.6) is 11.5 Å². The first kappa shape index (κ1) is 22.4. The van der Waals surface area contributed by atoms with E-state index in [1.807, 2.05) is 4.90 Å². The summed E-state index contributed by atoms with van der Waals surface area (Å²) in [5, 5.41) is 3.18. The van der Waals surface area contributed by atoms with Crippen molar-refractivity contribution in [2.24, 2.45) is 5.92 Å². The van der Waals surface area contributed by atoms with Gasteiger partial charge in [0.25, 0.3) is 0 Å². The molecule has 1 N–H and O–H groups in total. The summed E-state index contributed by atoms with van der Waals surface area (Å²) in [5.41, 5.74) is 0. The lowest BCUT2D eigenvalue weighted by molar-refractivity contribution is -0.123. The van der Waals surface area contributed by atoms with Gasteiger partial charge in [0.05, 0.1) is 24.7 Å². The number of fused-ring (bicyclic) bond motifs is 1. The van der Waals surface area contributed by atoms with Crippen molar-refractivity contribution in [2.45, 2.75) is 50.0 Å². The zero-order chi connectivity index (χ0) is 21.8. The van der Waals surface area contributed by atoms with Crippen LogP contribution in [0.15, 0.2) is 23.1 Å². The van der Waals surface area contributed by atoms with E-state index in [-0.39, 0.29) is 16.8 Å². The Hall–Kier alpha value is -1.84. The van der Waals surface area contributed by atoms with Crippen LogP contribution in [0.2, 0.25) is 0 Å². The van der Waals surface area contributed by atoms with Gasteiger partial charge in [-0.25, -0.2) is 8.42 Å². The fourth-order valence-corrected chi connectivity index (χ4v) is 6.01. The molecule has 1 aliphatic carbocycles. The zero-order valence-electron chi connectivity index (χ0n) is 18.2. The van der Waals surface area contributed by atoms with Crippen LogP contribution in [-0.2, 0) is 14.8 Å². The molecule has 1 amide bonds. The Labute approximate surface area is 184 Å². The lowest BCUT2D eigenvalue weighted by Crippen LogP contribution is -2.52. The first-order chi connectivity index (χ1) is 14.9. The fraction of sp³-hybridized carbons (Fsp3) is 0.682. The zero-order valence-corrected chi connectivity index (χ0v) is 19.0. The van der Waals surface area contributed by atoms with Gasteiger partial charge in [0.2, 0.25) is 15.9 Å². The maximum Gasteiger partial charge on any atom is 0.243 e. The summed E-state index contributed by atoms with van der Waals surface area (Å²) in [6, 6.07) is 5.07. The number of amides is 1. The van der Waals surface area contributed by atoms with Gasteiger partial charge in [-0.05, 0) is 30.9 Å². The van der Waals surface area contributed by atoms with Crippen molar-refractivity contribution < 1.29 is 22.7 Å². The molecule has 9 heteroatoms. The summed E-state index contributed by atoms with van der Waals surface area (Å²) in [6.07, 6.45) is 5.40. The van der Waals surface area contributed by atoms with Crippen LogP contribution in [-0.4, -0.2) is 75.5 Å². The molecule has 8 nitrogen and oxygen atoms in total. The second-order valence-corrected chi connectivity index (χ2v) is 10.7. The number of benzene rings is 1. The molecule has 2 atom stereocenters. The van der Waals surface area contributed by atoms with Gasteiger partial charge in [-0.3, -0.25) is 9.69 Å². The monoisotopic (exact) mass is 451 g/mol. The van der Waals surface area contributed by atoms with Crippen molar-refractivity contribution in [2.75, 3.05) is 45.9 Å². The van der Waals surface area contributed by atoms with Crippen molar-refractivity contribution in [3.05, 3.63) is 18.2 Å². The predicted octanol–water partition coefficient (Wildman–Crippen LogP) is 1.85. The van der Waals surface area contributed by atoms with Crippen LogP contribution in [0.25, 0.3) is 0 Å².